The molecule has 0 aliphatic carbocycles. The molecule has 31 heavy (non-hydrogen) atoms. The molecule has 3 heterocycles. The minimum atomic E-state index is -0.329. The summed E-state index contributed by atoms with van der Waals surface area (Å²) in [5.74, 6) is 0.485. The quantitative estimate of drug-likeness (QED) is 0.498. The number of hydrogen-bond donors (Lipinski definition) is 2. The molecule has 4 aromatic rings. The lowest BCUT2D eigenvalue weighted by Crippen LogP contribution is -2.24. The molecule has 0 unspecified atom stereocenters. The first-order valence-corrected chi connectivity index (χ1v) is 10.3. The Morgan fingerprint density at radius 2 is 1.94 bits per heavy atom. The van der Waals surface area contributed by atoms with Gasteiger partial charge in [0.2, 0.25) is 11.9 Å². The van der Waals surface area contributed by atoms with Crippen molar-refractivity contribution in [3.05, 3.63) is 58.1 Å². The molecule has 0 fully saturated rings. The molecule has 0 saturated heterocycles. The number of benzene rings is 1. The molecular formula is C22H25N7O2. The van der Waals surface area contributed by atoms with Crippen LogP contribution >= 0.6 is 0 Å². The van der Waals surface area contributed by atoms with Gasteiger partial charge in [0.25, 0.3) is 5.56 Å². The fourth-order valence-electron chi connectivity index (χ4n) is 3.59. The average molecular weight is 419 g/mol. The molecule has 4 rings (SSSR count). The number of carbonyl (C=O) groups excluding carboxylic acids is 1. The Morgan fingerprint density at radius 1 is 1.16 bits per heavy atom. The maximum Gasteiger partial charge on any atom is 0.263 e. The number of carbonyl (C=O) groups is 1. The van der Waals surface area contributed by atoms with Crippen LogP contribution in [0.1, 0.15) is 37.9 Å². The standard InChI is InChI=1S/C22H25N7O2/c1-5-15(6-2)20(30)24-18-11-14(4)27-29(18)22-25-19-17(21(31)26-22)12-23-28(19)16-9-7-8-13(3)10-16/h7-12,15H,5-6H2,1-4H3,(H,24,30)(H,25,26,31). The molecule has 0 aliphatic rings. The lowest BCUT2D eigenvalue weighted by molar-refractivity contribution is -0.120. The van der Waals surface area contributed by atoms with Crippen molar-refractivity contribution < 1.29 is 4.79 Å². The molecule has 0 spiro atoms. The number of aromatic amines is 1. The predicted octanol–water partition coefficient (Wildman–Crippen LogP) is 3.29. The topological polar surface area (TPSA) is 110 Å². The highest BCUT2D eigenvalue weighted by molar-refractivity contribution is 5.92. The molecule has 1 aromatic carbocycles. The monoisotopic (exact) mass is 419 g/mol. The van der Waals surface area contributed by atoms with Crippen LogP contribution in [0.5, 0.6) is 0 Å². The Balaban J connectivity index is 1.82. The third-order valence-corrected chi connectivity index (χ3v) is 5.31. The summed E-state index contributed by atoms with van der Waals surface area (Å²) in [6.07, 6.45) is 2.98. The molecule has 1 amide bonds. The van der Waals surface area contributed by atoms with E-state index < -0.39 is 0 Å². The van der Waals surface area contributed by atoms with E-state index in [2.05, 4.69) is 25.5 Å². The highest BCUT2D eigenvalue weighted by Gasteiger charge is 2.19. The van der Waals surface area contributed by atoms with E-state index in [1.54, 1.807) is 10.7 Å². The Hall–Kier alpha value is -3.75. The summed E-state index contributed by atoms with van der Waals surface area (Å²) in [5.41, 5.74) is 2.65. The summed E-state index contributed by atoms with van der Waals surface area (Å²) >= 11 is 0. The van der Waals surface area contributed by atoms with Crippen molar-refractivity contribution >= 4 is 22.8 Å². The molecular weight excluding hydrogens is 394 g/mol. The highest BCUT2D eigenvalue weighted by atomic mass is 16.2. The minimum Gasteiger partial charge on any atom is -0.310 e. The van der Waals surface area contributed by atoms with Crippen molar-refractivity contribution in [3.8, 4) is 11.6 Å². The first-order chi connectivity index (χ1) is 14.9. The summed E-state index contributed by atoms with van der Waals surface area (Å²) in [4.78, 5) is 32.8. The smallest absolute Gasteiger partial charge is 0.263 e. The van der Waals surface area contributed by atoms with Crippen molar-refractivity contribution in [2.24, 2.45) is 5.92 Å². The summed E-state index contributed by atoms with van der Waals surface area (Å²) < 4.78 is 3.07. The van der Waals surface area contributed by atoms with E-state index in [-0.39, 0.29) is 23.3 Å². The zero-order chi connectivity index (χ0) is 22.1. The molecule has 0 bridgehead atoms. The van der Waals surface area contributed by atoms with Gasteiger partial charge in [-0.2, -0.15) is 19.9 Å². The van der Waals surface area contributed by atoms with Crippen LogP contribution in [-0.4, -0.2) is 35.4 Å². The summed E-state index contributed by atoms with van der Waals surface area (Å²) in [5, 5.41) is 12.1. The molecule has 0 aliphatic heterocycles. The van der Waals surface area contributed by atoms with Gasteiger partial charge in [0.15, 0.2) is 5.65 Å². The maximum atomic E-state index is 12.7. The second-order valence-electron chi connectivity index (χ2n) is 7.61. The number of aryl methyl sites for hydroxylation is 2. The second-order valence-corrected chi connectivity index (χ2v) is 7.61. The van der Waals surface area contributed by atoms with Crippen molar-refractivity contribution in [1.29, 1.82) is 0 Å². The van der Waals surface area contributed by atoms with Crippen molar-refractivity contribution in [1.82, 2.24) is 29.5 Å². The van der Waals surface area contributed by atoms with Crippen LogP contribution in [0, 0.1) is 19.8 Å². The lowest BCUT2D eigenvalue weighted by Gasteiger charge is -2.13. The van der Waals surface area contributed by atoms with Crippen LogP contribution < -0.4 is 10.9 Å². The van der Waals surface area contributed by atoms with E-state index in [0.29, 0.717) is 22.5 Å². The number of hydrogen-bond acceptors (Lipinski definition) is 5. The molecule has 0 atom stereocenters. The Bertz CT molecular complexity index is 1310. The Kier molecular flexibility index (Phi) is 5.41. The van der Waals surface area contributed by atoms with Crippen LogP contribution in [-0.2, 0) is 4.79 Å². The molecule has 3 aromatic heterocycles. The Morgan fingerprint density at radius 3 is 2.65 bits per heavy atom. The largest absolute Gasteiger partial charge is 0.310 e. The van der Waals surface area contributed by atoms with Gasteiger partial charge in [-0.1, -0.05) is 26.0 Å². The third-order valence-electron chi connectivity index (χ3n) is 5.31. The fraction of sp³-hybridized carbons (Fsp3) is 0.318. The summed E-state index contributed by atoms with van der Waals surface area (Å²) in [6, 6.07) is 9.54. The number of aromatic nitrogens is 6. The zero-order valence-electron chi connectivity index (χ0n) is 18.0. The fourth-order valence-corrected chi connectivity index (χ4v) is 3.59. The van der Waals surface area contributed by atoms with Gasteiger partial charge in [0, 0.05) is 12.0 Å². The van der Waals surface area contributed by atoms with Gasteiger partial charge in [-0.15, -0.1) is 0 Å². The highest BCUT2D eigenvalue weighted by Crippen LogP contribution is 2.20. The second kappa shape index (κ2) is 8.17. The van der Waals surface area contributed by atoms with Crippen LogP contribution in [0.4, 0.5) is 5.82 Å². The third kappa shape index (κ3) is 3.86. The predicted molar refractivity (Wildman–Crippen MR) is 119 cm³/mol. The SMILES string of the molecule is CCC(CC)C(=O)Nc1cc(C)nn1-c1nc2c(cnn2-c2cccc(C)c2)c(=O)[nH]1. The van der Waals surface area contributed by atoms with Gasteiger partial charge in [0.05, 0.1) is 17.6 Å². The van der Waals surface area contributed by atoms with Gasteiger partial charge in [-0.3, -0.25) is 14.6 Å². The maximum absolute atomic E-state index is 12.7. The van der Waals surface area contributed by atoms with Crippen LogP contribution in [0.15, 0.2) is 41.3 Å². The van der Waals surface area contributed by atoms with Gasteiger partial charge in [-0.25, -0.2) is 4.68 Å². The first kappa shape index (κ1) is 20.5. The van der Waals surface area contributed by atoms with Crippen molar-refractivity contribution in [2.45, 2.75) is 40.5 Å². The number of H-pyrrole nitrogens is 1. The molecule has 2 N–H and O–H groups in total. The number of nitrogens with one attached hydrogen (secondary N) is 2. The number of rotatable bonds is 6. The molecule has 9 heteroatoms. The summed E-state index contributed by atoms with van der Waals surface area (Å²) in [7, 11) is 0. The lowest BCUT2D eigenvalue weighted by atomic mass is 10.0. The van der Waals surface area contributed by atoms with E-state index in [1.807, 2.05) is 52.0 Å². The molecule has 160 valence electrons. The van der Waals surface area contributed by atoms with Gasteiger partial charge in [0.1, 0.15) is 11.2 Å². The minimum absolute atomic E-state index is 0.0839. The van der Waals surface area contributed by atoms with Crippen LogP contribution in [0.2, 0.25) is 0 Å². The number of fused-ring (bicyclic) bond motifs is 1. The van der Waals surface area contributed by atoms with E-state index in [1.165, 1.54) is 10.9 Å². The number of anilines is 1. The van der Waals surface area contributed by atoms with E-state index in [4.69, 9.17) is 0 Å². The van der Waals surface area contributed by atoms with Gasteiger partial charge < -0.3 is 5.32 Å². The molecule has 9 nitrogen and oxygen atoms in total. The molecule has 0 saturated carbocycles. The van der Waals surface area contributed by atoms with E-state index in [9.17, 15) is 9.59 Å². The van der Waals surface area contributed by atoms with E-state index >= 15 is 0 Å². The van der Waals surface area contributed by atoms with E-state index in [0.717, 1.165) is 24.1 Å². The van der Waals surface area contributed by atoms with Crippen molar-refractivity contribution in [2.75, 3.05) is 5.32 Å². The Labute approximate surface area is 179 Å². The summed E-state index contributed by atoms with van der Waals surface area (Å²) in [6.45, 7) is 7.77. The number of amides is 1. The van der Waals surface area contributed by atoms with Gasteiger partial charge >= 0.3 is 0 Å². The van der Waals surface area contributed by atoms with Crippen molar-refractivity contribution in [3.63, 3.8) is 0 Å². The van der Waals surface area contributed by atoms with Crippen LogP contribution in [0.3, 0.4) is 0 Å². The molecule has 0 radical (unpaired) electrons. The number of nitrogens with zero attached hydrogens (tertiary/aromatic N) is 5. The normalized spacial score (nSPS) is 11.4. The average Bonchev–Trinajstić information content (AvgIpc) is 3.32. The zero-order valence-corrected chi connectivity index (χ0v) is 18.0. The first-order valence-electron chi connectivity index (χ1n) is 10.3. The van der Waals surface area contributed by atoms with Crippen LogP contribution in [0.25, 0.3) is 22.7 Å². The van der Waals surface area contributed by atoms with Gasteiger partial charge in [-0.05, 0) is 44.4 Å².